The van der Waals surface area contributed by atoms with Crippen LogP contribution in [-0.2, 0) is 9.53 Å². The zero-order valence-corrected chi connectivity index (χ0v) is 9.06. The van der Waals surface area contributed by atoms with Gasteiger partial charge in [-0.25, -0.2) is 0 Å². The SMILES string of the molecule is COC(=O)CC([NH3+])c1ccc2c(c1)OCO2. The smallest absolute Gasteiger partial charge is 0.311 e. The number of rotatable bonds is 3. The van der Waals surface area contributed by atoms with Gasteiger partial charge in [0.15, 0.2) is 11.5 Å². The van der Waals surface area contributed by atoms with E-state index >= 15 is 0 Å². The van der Waals surface area contributed by atoms with Crippen LogP contribution in [0.25, 0.3) is 0 Å². The first-order valence-electron chi connectivity index (χ1n) is 5.00. The molecular formula is C11H14NO4+. The van der Waals surface area contributed by atoms with Crippen molar-refractivity contribution in [2.24, 2.45) is 0 Å². The topological polar surface area (TPSA) is 72.4 Å². The Morgan fingerprint density at radius 1 is 1.50 bits per heavy atom. The number of ether oxygens (including phenoxy) is 3. The van der Waals surface area contributed by atoms with E-state index in [1.165, 1.54) is 7.11 Å². The molecule has 1 unspecified atom stereocenters. The summed E-state index contributed by atoms with van der Waals surface area (Å²) in [6.07, 6.45) is 0.260. The van der Waals surface area contributed by atoms with Crippen LogP contribution in [0, 0.1) is 0 Å². The van der Waals surface area contributed by atoms with Gasteiger partial charge in [0.1, 0.15) is 12.5 Å². The number of benzene rings is 1. The van der Waals surface area contributed by atoms with Crippen LogP contribution >= 0.6 is 0 Å². The second-order valence-corrected chi connectivity index (χ2v) is 3.59. The molecule has 0 aliphatic carbocycles. The molecule has 5 nitrogen and oxygen atoms in total. The van der Waals surface area contributed by atoms with Crippen molar-refractivity contribution in [3.8, 4) is 11.5 Å². The third kappa shape index (κ3) is 2.09. The molecule has 0 saturated carbocycles. The van der Waals surface area contributed by atoms with Crippen LogP contribution in [0.1, 0.15) is 18.0 Å². The lowest BCUT2D eigenvalue weighted by Crippen LogP contribution is -2.54. The second kappa shape index (κ2) is 4.40. The zero-order chi connectivity index (χ0) is 11.5. The number of carbonyl (C=O) groups is 1. The molecule has 2 rings (SSSR count). The molecular weight excluding hydrogens is 210 g/mol. The normalized spacial score (nSPS) is 14.6. The average molecular weight is 224 g/mol. The molecule has 0 spiro atoms. The summed E-state index contributed by atoms with van der Waals surface area (Å²) < 4.78 is 15.1. The Bertz CT molecular complexity index is 405. The van der Waals surface area contributed by atoms with Crippen LogP contribution in [-0.4, -0.2) is 19.9 Å². The fourth-order valence-electron chi connectivity index (χ4n) is 1.57. The number of hydrogen-bond acceptors (Lipinski definition) is 4. The van der Waals surface area contributed by atoms with Gasteiger partial charge in [0.2, 0.25) is 6.79 Å². The van der Waals surface area contributed by atoms with Crippen LogP contribution < -0.4 is 15.2 Å². The Kier molecular flexibility index (Phi) is 2.96. The standard InChI is InChI=1S/C11H13NO4/c1-14-11(13)5-8(12)7-2-3-9-10(4-7)16-6-15-9/h2-4,8H,5-6,12H2,1H3/p+1. The molecule has 1 heterocycles. The molecule has 16 heavy (non-hydrogen) atoms. The molecule has 1 atom stereocenters. The van der Waals surface area contributed by atoms with Gasteiger partial charge in [-0.2, -0.15) is 0 Å². The minimum absolute atomic E-state index is 0.137. The highest BCUT2D eigenvalue weighted by molar-refractivity contribution is 5.70. The first kappa shape index (κ1) is 10.8. The van der Waals surface area contributed by atoms with Gasteiger partial charge in [0, 0.05) is 5.56 Å². The Morgan fingerprint density at radius 2 is 2.25 bits per heavy atom. The van der Waals surface area contributed by atoms with E-state index in [0.29, 0.717) is 5.75 Å². The van der Waals surface area contributed by atoms with Crippen molar-refractivity contribution in [3.63, 3.8) is 0 Å². The molecule has 1 aliphatic rings. The molecule has 3 N–H and O–H groups in total. The Labute approximate surface area is 93.1 Å². The number of carbonyl (C=O) groups excluding carboxylic acids is 1. The number of fused-ring (bicyclic) bond motifs is 1. The van der Waals surface area contributed by atoms with Gasteiger partial charge in [-0.3, -0.25) is 4.79 Å². The fraction of sp³-hybridized carbons (Fsp3) is 0.364. The third-order valence-electron chi connectivity index (χ3n) is 2.51. The molecule has 1 aromatic carbocycles. The van der Waals surface area contributed by atoms with Gasteiger partial charge in [-0.15, -0.1) is 0 Å². The molecule has 0 aromatic heterocycles. The van der Waals surface area contributed by atoms with E-state index in [-0.39, 0.29) is 25.2 Å². The van der Waals surface area contributed by atoms with Crippen molar-refractivity contribution < 1.29 is 24.7 Å². The summed E-state index contributed by atoms with van der Waals surface area (Å²) in [6, 6.07) is 5.42. The van der Waals surface area contributed by atoms with Gasteiger partial charge in [-0.05, 0) is 18.2 Å². The van der Waals surface area contributed by atoms with E-state index in [4.69, 9.17) is 9.47 Å². The maximum Gasteiger partial charge on any atom is 0.311 e. The summed E-state index contributed by atoms with van der Waals surface area (Å²) in [6.45, 7) is 0.248. The molecule has 1 aromatic rings. The minimum Gasteiger partial charge on any atom is -0.469 e. The molecule has 86 valence electrons. The summed E-state index contributed by atoms with van der Waals surface area (Å²) in [5, 5.41) is 0. The first-order valence-corrected chi connectivity index (χ1v) is 5.00. The van der Waals surface area contributed by atoms with E-state index in [2.05, 4.69) is 10.5 Å². The van der Waals surface area contributed by atoms with Crippen molar-refractivity contribution in [2.75, 3.05) is 13.9 Å². The van der Waals surface area contributed by atoms with Crippen molar-refractivity contribution in [1.82, 2.24) is 0 Å². The number of esters is 1. The van der Waals surface area contributed by atoms with Crippen molar-refractivity contribution in [1.29, 1.82) is 0 Å². The highest BCUT2D eigenvalue weighted by atomic mass is 16.7. The van der Waals surface area contributed by atoms with Crippen LogP contribution in [0.15, 0.2) is 18.2 Å². The molecule has 0 bridgehead atoms. The van der Waals surface area contributed by atoms with Crippen molar-refractivity contribution >= 4 is 5.97 Å². The molecule has 0 fully saturated rings. The minimum atomic E-state index is -0.266. The number of methoxy groups -OCH3 is 1. The average Bonchev–Trinajstić information content (AvgIpc) is 2.75. The highest BCUT2D eigenvalue weighted by Gasteiger charge is 2.19. The summed E-state index contributed by atoms with van der Waals surface area (Å²) in [7, 11) is 1.37. The lowest BCUT2D eigenvalue weighted by Gasteiger charge is -2.08. The van der Waals surface area contributed by atoms with Crippen molar-refractivity contribution in [3.05, 3.63) is 23.8 Å². The van der Waals surface area contributed by atoms with Crippen molar-refractivity contribution in [2.45, 2.75) is 12.5 Å². The Balaban J connectivity index is 2.12. The van der Waals surface area contributed by atoms with E-state index in [1.807, 2.05) is 18.2 Å². The number of quaternary nitrogens is 1. The predicted octanol–water partition coefficient (Wildman–Crippen LogP) is 0.261. The fourth-order valence-corrected chi connectivity index (χ4v) is 1.57. The summed E-state index contributed by atoms with van der Waals surface area (Å²) in [5.74, 6) is 1.17. The number of hydrogen-bond donors (Lipinski definition) is 1. The molecule has 5 heteroatoms. The molecule has 0 amide bonds. The predicted molar refractivity (Wildman–Crippen MR) is 54.8 cm³/mol. The zero-order valence-electron chi connectivity index (χ0n) is 9.06. The lowest BCUT2D eigenvalue weighted by molar-refractivity contribution is -0.425. The third-order valence-corrected chi connectivity index (χ3v) is 2.51. The molecule has 1 aliphatic heterocycles. The van der Waals surface area contributed by atoms with E-state index in [9.17, 15) is 4.79 Å². The Hall–Kier alpha value is -1.75. The maximum absolute atomic E-state index is 11.1. The maximum atomic E-state index is 11.1. The largest absolute Gasteiger partial charge is 0.469 e. The van der Waals surface area contributed by atoms with Gasteiger partial charge in [0.25, 0.3) is 0 Å². The quantitative estimate of drug-likeness (QED) is 0.747. The van der Waals surface area contributed by atoms with Crippen LogP contribution in [0.2, 0.25) is 0 Å². The van der Waals surface area contributed by atoms with Crippen LogP contribution in [0.4, 0.5) is 0 Å². The van der Waals surface area contributed by atoms with Gasteiger partial charge < -0.3 is 19.9 Å². The first-order chi connectivity index (χ1) is 7.70. The lowest BCUT2D eigenvalue weighted by atomic mass is 10.0. The monoisotopic (exact) mass is 224 g/mol. The Morgan fingerprint density at radius 3 is 3.00 bits per heavy atom. The van der Waals surface area contributed by atoms with E-state index < -0.39 is 0 Å². The summed E-state index contributed by atoms with van der Waals surface area (Å²) in [4.78, 5) is 11.1. The van der Waals surface area contributed by atoms with Crippen LogP contribution in [0.3, 0.4) is 0 Å². The molecule has 0 saturated heterocycles. The van der Waals surface area contributed by atoms with Crippen LogP contribution in [0.5, 0.6) is 11.5 Å². The second-order valence-electron chi connectivity index (χ2n) is 3.59. The van der Waals surface area contributed by atoms with Gasteiger partial charge in [-0.1, -0.05) is 0 Å². The highest BCUT2D eigenvalue weighted by Crippen LogP contribution is 2.33. The molecule has 0 radical (unpaired) electrons. The van der Waals surface area contributed by atoms with E-state index in [1.54, 1.807) is 0 Å². The van der Waals surface area contributed by atoms with Gasteiger partial charge in [0.05, 0.1) is 7.11 Å². The summed E-state index contributed by atoms with van der Waals surface area (Å²) in [5.41, 5.74) is 4.86. The summed E-state index contributed by atoms with van der Waals surface area (Å²) >= 11 is 0. The van der Waals surface area contributed by atoms with Gasteiger partial charge >= 0.3 is 5.97 Å². The van der Waals surface area contributed by atoms with E-state index in [0.717, 1.165) is 11.3 Å².